The fourth-order valence-electron chi connectivity index (χ4n) is 1.24. The molecular weight excluding hydrogens is 464 g/mol. The molecule has 1 aromatic carbocycles. The average Bonchev–Trinajstić information content (AvgIpc) is 2.82. The molecule has 0 aliphatic heterocycles. The summed E-state index contributed by atoms with van der Waals surface area (Å²) in [5.74, 6) is -0.303. The standard InChI is InChI=1S/C10H7Br3N4OS/c1-14-10-17-16-9(19-10)8(18)15-7-5(12)2-4(11)3-6(7)13/h2-3H,1H3,(H,14,17)(H,15,18). The van der Waals surface area contributed by atoms with Gasteiger partial charge in [-0.15, -0.1) is 10.2 Å². The second-order valence-corrected chi connectivity index (χ2v) is 6.96. The van der Waals surface area contributed by atoms with E-state index >= 15 is 0 Å². The number of anilines is 2. The molecule has 1 heterocycles. The van der Waals surface area contributed by atoms with E-state index in [-0.39, 0.29) is 5.91 Å². The van der Waals surface area contributed by atoms with Crippen LogP contribution in [0.1, 0.15) is 9.80 Å². The first kappa shape index (κ1) is 14.9. The topological polar surface area (TPSA) is 66.9 Å². The van der Waals surface area contributed by atoms with Crippen LogP contribution in [0, 0.1) is 0 Å². The van der Waals surface area contributed by atoms with Gasteiger partial charge in [-0.2, -0.15) is 0 Å². The van der Waals surface area contributed by atoms with Crippen LogP contribution < -0.4 is 10.6 Å². The molecule has 0 unspecified atom stereocenters. The van der Waals surface area contributed by atoms with E-state index in [2.05, 4.69) is 68.6 Å². The molecule has 0 fully saturated rings. The SMILES string of the molecule is CNc1nnc(C(=O)Nc2c(Br)cc(Br)cc2Br)s1. The summed E-state index contributed by atoms with van der Waals surface area (Å²) >= 11 is 11.4. The van der Waals surface area contributed by atoms with Gasteiger partial charge in [0, 0.05) is 20.5 Å². The molecular formula is C10H7Br3N4OS. The molecule has 0 atom stereocenters. The number of rotatable bonds is 3. The fraction of sp³-hybridized carbons (Fsp3) is 0.100. The van der Waals surface area contributed by atoms with Gasteiger partial charge >= 0.3 is 0 Å². The summed E-state index contributed by atoms with van der Waals surface area (Å²) in [6.07, 6.45) is 0. The Labute approximate surface area is 138 Å². The molecule has 0 bridgehead atoms. The number of carbonyl (C=O) groups excluding carboxylic acids is 1. The van der Waals surface area contributed by atoms with E-state index < -0.39 is 0 Å². The highest BCUT2D eigenvalue weighted by Gasteiger charge is 2.16. The van der Waals surface area contributed by atoms with Gasteiger partial charge in [0.25, 0.3) is 5.91 Å². The average molecular weight is 471 g/mol. The van der Waals surface area contributed by atoms with Crippen molar-refractivity contribution in [3.63, 3.8) is 0 Å². The molecule has 1 amide bonds. The van der Waals surface area contributed by atoms with Crippen LogP contribution in [-0.4, -0.2) is 23.2 Å². The van der Waals surface area contributed by atoms with Gasteiger partial charge in [0.15, 0.2) is 0 Å². The third-order valence-corrected chi connectivity index (χ3v) is 4.73. The van der Waals surface area contributed by atoms with Crippen molar-refractivity contribution in [2.45, 2.75) is 0 Å². The number of nitrogens with zero attached hydrogens (tertiary/aromatic N) is 2. The Hall–Kier alpha value is -0.510. The summed E-state index contributed by atoms with van der Waals surface area (Å²) in [6, 6.07) is 3.69. The van der Waals surface area contributed by atoms with Crippen LogP contribution in [0.3, 0.4) is 0 Å². The Kier molecular flexibility index (Phi) is 4.93. The Bertz CT molecular complexity index is 608. The molecule has 1 aromatic heterocycles. The van der Waals surface area contributed by atoms with Crippen molar-refractivity contribution in [3.05, 3.63) is 30.6 Å². The quantitative estimate of drug-likeness (QED) is 0.708. The number of carbonyl (C=O) groups is 1. The van der Waals surface area contributed by atoms with Gasteiger partial charge in [-0.3, -0.25) is 4.79 Å². The number of benzene rings is 1. The van der Waals surface area contributed by atoms with Crippen LogP contribution in [0.5, 0.6) is 0 Å². The zero-order chi connectivity index (χ0) is 14.0. The van der Waals surface area contributed by atoms with Crippen LogP contribution >= 0.6 is 59.1 Å². The van der Waals surface area contributed by atoms with Crippen molar-refractivity contribution < 1.29 is 4.79 Å². The highest BCUT2D eigenvalue weighted by atomic mass is 79.9. The van der Waals surface area contributed by atoms with E-state index in [1.165, 1.54) is 11.3 Å². The van der Waals surface area contributed by atoms with Crippen molar-refractivity contribution in [2.24, 2.45) is 0 Å². The number of hydrogen-bond donors (Lipinski definition) is 2. The molecule has 2 aromatic rings. The van der Waals surface area contributed by atoms with Gasteiger partial charge in [-0.1, -0.05) is 27.3 Å². The maximum absolute atomic E-state index is 12.0. The first-order valence-corrected chi connectivity index (χ1v) is 8.18. The van der Waals surface area contributed by atoms with Crippen molar-refractivity contribution in [1.82, 2.24) is 10.2 Å². The minimum Gasteiger partial charge on any atom is -0.363 e. The Balaban J connectivity index is 2.24. The van der Waals surface area contributed by atoms with Gasteiger partial charge in [-0.25, -0.2) is 0 Å². The number of aromatic nitrogens is 2. The monoisotopic (exact) mass is 468 g/mol. The van der Waals surface area contributed by atoms with Crippen LogP contribution in [0.4, 0.5) is 10.8 Å². The van der Waals surface area contributed by atoms with Gasteiger partial charge in [0.05, 0.1) is 5.69 Å². The maximum Gasteiger partial charge on any atom is 0.286 e. The van der Waals surface area contributed by atoms with Gasteiger partial charge in [0.1, 0.15) is 0 Å². The molecule has 0 radical (unpaired) electrons. The summed E-state index contributed by atoms with van der Waals surface area (Å²) in [7, 11) is 1.73. The Morgan fingerprint density at radius 2 is 1.84 bits per heavy atom. The maximum atomic E-state index is 12.0. The number of hydrogen-bond acceptors (Lipinski definition) is 5. The van der Waals surface area contributed by atoms with Gasteiger partial charge in [0.2, 0.25) is 10.1 Å². The van der Waals surface area contributed by atoms with Crippen LogP contribution in [-0.2, 0) is 0 Å². The molecule has 0 saturated heterocycles. The summed E-state index contributed by atoms with van der Waals surface area (Å²) in [5.41, 5.74) is 0.648. The minimum absolute atomic E-state index is 0.297. The van der Waals surface area contributed by atoms with Crippen LogP contribution in [0.25, 0.3) is 0 Å². The molecule has 2 rings (SSSR count). The summed E-state index contributed by atoms with van der Waals surface area (Å²) in [6.45, 7) is 0. The van der Waals surface area contributed by atoms with E-state index in [1.54, 1.807) is 7.05 Å². The number of amides is 1. The van der Waals surface area contributed by atoms with E-state index in [0.717, 1.165) is 13.4 Å². The van der Waals surface area contributed by atoms with Crippen LogP contribution in [0.2, 0.25) is 0 Å². The zero-order valence-electron chi connectivity index (χ0n) is 9.50. The lowest BCUT2D eigenvalue weighted by Crippen LogP contribution is -2.12. The van der Waals surface area contributed by atoms with Crippen molar-refractivity contribution in [1.29, 1.82) is 0 Å². The van der Waals surface area contributed by atoms with Gasteiger partial charge < -0.3 is 10.6 Å². The molecule has 19 heavy (non-hydrogen) atoms. The van der Waals surface area contributed by atoms with Crippen molar-refractivity contribution in [2.75, 3.05) is 17.7 Å². The van der Waals surface area contributed by atoms with Gasteiger partial charge in [-0.05, 0) is 44.0 Å². The van der Waals surface area contributed by atoms with E-state index in [9.17, 15) is 4.79 Å². The molecule has 100 valence electrons. The Morgan fingerprint density at radius 3 is 2.37 bits per heavy atom. The first-order chi connectivity index (χ1) is 9.01. The Morgan fingerprint density at radius 1 is 1.21 bits per heavy atom. The predicted molar refractivity (Wildman–Crippen MR) is 87.0 cm³/mol. The lowest BCUT2D eigenvalue weighted by atomic mass is 10.3. The number of halogens is 3. The second-order valence-electron chi connectivity index (χ2n) is 3.36. The number of nitrogens with one attached hydrogen (secondary N) is 2. The largest absolute Gasteiger partial charge is 0.363 e. The van der Waals surface area contributed by atoms with E-state index in [1.807, 2.05) is 12.1 Å². The third-order valence-electron chi connectivity index (χ3n) is 2.08. The predicted octanol–water partition coefficient (Wildman–Crippen LogP) is 4.12. The lowest BCUT2D eigenvalue weighted by Gasteiger charge is -2.08. The first-order valence-electron chi connectivity index (χ1n) is 4.98. The smallest absolute Gasteiger partial charge is 0.286 e. The molecule has 0 aliphatic rings. The normalized spacial score (nSPS) is 10.3. The van der Waals surface area contributed by atoms with Crippen LogP contribution in [0.15, 0.2) is 25.6 Å². The molecule has 0 saturated carbocycles. The zero-order valence-corrected chi connectivity index (χ0v) is 15.1. The summed E-state index contributed by atoms with van der Waals surface area (Å²) in [4.78, 5) is 12.0. The fourth-order valence-corrected chi connectivity index (χ4v) is 4.29. The third kappa shape index (κ3) is 3.53. The van der Waals surface area contributed by atoms with Crippen molar-refractivity contribution in [3.8, 4) is 0 Å². The highest BCUT2D eigenvalue weighted by Crippen LogP contribution is 2.34. The second kappa shape index (κ2) is 6.29. The molecule has 0 aliphatic carbocycles. The highest BCUT2D eigenvalue weighted by molar-refractivity contribution is 9.11. The lowest BCUT2D eigenvalue weighted by molar-refractivity contribution is 0.102. The summed E-state index contributed by atoms with van der Waals surface area (Å²) in [5, 5.41) is 14.2. The van der Waals surface area contributed by atoms with E-state index in [0.29, 0.717) is 15.8 Å². The molecule has 2 N–H and O–H groups in total. The van der Waals surface area contributed by atoms with Crippen molar-refractivity contribution >= 4 is 75.9 Å². The molecule has 0 spiro atoms. The molecule has 9 heteroatoms. The minimum atomic E-state index is -0.303. The summed E-state index contributed by atoms with van der Waals surface area (Å²) < 4.78 is 2.43. The van der Waals surface area contributed by atoms with E-state index in [4.69, 9.17) is 0 Å². The molecule has 5 nitrogen and oxygen atoms in total.